The smallest absolute Gasteiger partial charge is 0.326 e. The molecule has 3 atom stereocenters. The van der Waals surface area contributed by atoms with Crippen LogP contribution in [0, 0.1) is 11.7 Å². The summed E-state index contributed by atoms with van der Waals surface area (Å²) in [5.74, 6) is -2.77. The van der Waals surface area contributed by atoms with Gasteiger partial charge in [-0.2, -0.15) is 0 Å². The summed E-state index contributed by atoms with van der Waals surface area (Å²) in [5, 5.41) is 14.2. The summed E-state index contributed by atoms with van der Waals surface area (Å²) < 4.78 is 13.0. The molecular formula is C17H23FN2O4. The fourth-order valence-corrected chi connectivity index (χ4v) is 2.25. The van der Waals surface area contributed by atoms with E-state index in [1.165, 1.54) is 31.2 Å². The lowest BCUT2D eigenvalue weighted by Gasteiger charge is -2.24. The molecule has 132 valence electrons. The van der Waals surface area contributed by atoms with Gasteiger partial charge >= 0.3 is 5.97 Å². The second kappa shape index (κ2) is 9.00. The molecule has 7 heteroatoms. The van der Waals surface area contributed by atoms with Crippen molar-refractivity contribution in [1.29, 1.82) is 0 Å². The number of rotatable bonds is 8. The van der Waals surface area contributed by atoms with E-state index in [2.05, 4.69) is 10.6 Å². The van der Waals surface area contributed by atoms with Crippen LogP contribution in [0.25, 0.3) is 0 Å². The van der Waals surface area contributed by atoms with Gasteiger partial charge in [0, 0.05) is 13.3 Å². The van der Waals surface area contributed by atoms with E-state index in [1.807, 2.05) is 6.92 Å². The maximum absolute atomic E-state index is 13.0. The average Bonchev–Trinajstić information content (AvgIpc) is 2.52. The van der Waals surface area contributed by atoms with Gasteiger partial charge in [0.15, 0.2) is 0 Å². The Morgan fingerprint density at radius 3 is 2.21 bits per heavy atom. The first kappa shape index (κ1) is 19.6. The van der Waals surface area contributed by atoms with Crippen molar-refractivity contribution in [2.45, 2.75) is 45.7 Å². The number of amides is 2. The number of hydrogen-bond acceptors (Lipinski definition) is 3. The molecule has 1 aromatic carbocycles. The zero-order valence-corrected chi connectivity index (χ0v) is 14.0. The van der Waals surface area contributed by atoms with Crippen LogP contribution in [0.3, 0.4) is 0 Å². The van der Waals surface area contributed by atoms with Crippen LogP contribution in [0.15, 0.2) is 24.3 Å². The maximum atomic E-state index is 13.0. The van der Waals surface area contributed by atoms with Gasteiger partial charge in [-0.3, -0.25) is 9.59 Å². The van der Waals surface area contributed by atoms with Crippen LogP contribution in [-0.4, -0.2) is 35.0 Å². The Kier molecular flexibility index (Phi) is 7.35. The quantitative estimate of drug-likeness (QED) is 0.669. The molecule has 0 radical (unpaired) electrons. The van der Waals surface area contributed by atoms with Crippen molar-refractivity contribution in [3.8, 4) is 0 Å². The third-order valence-corrected chi connectivity index (χ3v) is 3.82. The number of aliphatic carboxylic acids is 1. The summed E-state index contributed by atoms with van der Waals surface area (Å²) in [6.07, 6.45) is 0.721. The Bertz CT molecular complexity index is 589. The Hall–Kier alpha value is -2.44. The van der Waals surface area contributed by atoms with Crippen LogP contribution in [0.5, 0.6) is 0 Å². The Morgan fingerprint density at radius 2 is 1.75 bits per heavy atom. The van der Waals surface area contributed by atoms with Crippen molar-refractivity contribution < 1.29 is 23.9 Å². The van der Waals surface area contributed by atoms with E-state index in [-0.39, 0.29) is 12.3 Å². The highest BCUT2D eigenvalue weighted by atomic mass is 19.1. The summed E-state index contributed by atoms with van der Waals surface area (Å²) in [7, 11) is 0. The number of carboxylic acid groups (broad SMARTS) is 1. The number of hydrogen-bond donors (Lipinski definition) is 3. The standard InChI is InChI=1S/C17H23FN2O4/c1-4-10(2)15(17(23)24)20-16(22)14(19-11(3)21)9-12-5-7-13(18)8-6-12/h5-8,10,14-15H,4,9H2,1-3H3,(H,19,21)(H,20,22)(H,23,24)/t10-,14+,15+/m1/s1. The number of benzene rings is 1. The SMILES string of the molecule is CC[C@@H](C)[C@H](NC(=O)[C@H](Cc1ccc(F)cc1)NC(C)=O)C(=O)O. The number of nitrogens with one attached hydrogen (secondary N) is 2. The van der Waals surface area contributed by atoms with Crippen molar-refractivity contribution in [3.05, 3.63) is 35.6 Å². The van der Waals surface area contributed by atoms with Crippen LogP contribution >= 0.6 is 0 Å². The van der Waals surface area contributed by atoms with Crippen LogP contribution in [0.2, 0.25) is 0 Å². The molecule has 0 spiro atoms. The molecule has 0 aliphatic heterocycles. The molecule has 24 heavy (non-hydrogen) atoms. The number of carbonyl (C=O) groups is 3. The first-order valence-corrected chi connectivity index (χ1v) is 7.79. The molecule has 1 aromatic rings. The summed E-state index contributed by atoms with van der Waals surface area (Å²) >= 11 is 0. The Labute approximate surface area is 140 Å². The molecule has 3 N–H and O–H groups in total. The van der Waals surface area contributed by atoms with Crippen molar-refractivity contribution in [1.82, 2.24) is 10.6 Å². The second-order valence-electron chi connectivity index (χ2n) is 5.79. The Morgan fingerprint density at radius 1 is 1.17 bits per heavy atom. The zero-order valence-electron chi connectivity index (χ0n) is 14.0. The van der Waals surface area contributed by atoms with Gasteiger partial charge in [0.2, 0.25) is 11.8 Å². The summed E-state index contributed by atoms with van der Waals surface area (Å²) in [6, 6.07) is 3.58. The minimum atomic E-state index is -1.12. The van der Waals surface area contributed by atoms with Crippen LogP contribution in [-0.2, 0) is 20.8 Å². The van der Waals surface area contributed by atoms with Gasteiger partial charge < -0.3 is 15.7 Å². The summed E-state index contributed by atoms with van der Waals surface area (Å²) in [4.78, 5) is 35.1. The van der Waals surface area contributed by atoms with E-state index in [0.717, 1.165) is 0 Å². The van der Waals surface area contributed by atoms with E-state index in [4.69, 9.17) is 0 Å². The molecule has 0 unspecified atom stereocenters. The average molecular weight is 338 g/mol. The highest BCUT2D eigenvalue weighted by molar-refractivity contribution is 5.90. The number of carbonyl (C=O) groups excluding carboxylic acids is 2. The monoisotopic (exact) mass is 338 g/mol. The molecule has 0 saturated heterocycles. The van der Waals surface area contributed by atoms with Crippen LogP contribution in [0.4, 0.5) is 4.39 Å². The molecule has 0 fully saturated rings. The van der Waals surface area contributed by atoms with Gasteiger partial charge in [-0.15, -0.1) is 0 Å². The van der Waals surface area contributed by atoms with E-state index in [9.17, 15) is 23.9 Å². The molecule has 0 aromatic heterocycles. The maximum Gasteiger partial charge on any atom is 0.326 e. The van der Waals surface area contributed by atoms with Gasteiger partial charge in [-0.05, 0) is 23.6 Å². The molecule has 0 bridgehead atoms. The third kappa shape index (κ3) is 5.98. The van der Waals surface area contributed by atoms with Crippen LogP contribution in [0.1, 0.15) is 32.8 Å². The third-order valence-electron chi connectivity index (χ3n) is 3.82. The van der Waals surface area contributed by atoms with E-state index >= 15 is 0 Å². The van der Waals surface area contributed by atoms with Gasteiger partial charge in [0.1, 0.15) is 17.9 Å². The molecule has 2 amide bonds. The van der Waals surface area contributed by atoms with Crippen molar-refractivity contribution in [3.63, 3.8) is 0 Å². The van der Waals surface area contributed by atoms with Gasteiger partial charge in [-0.25, -0.2) is 9.18 Å². The molecular weight excluding hydrogens is 315 g/mol. The van der Waals surface area contributed by atoms with E-state index < -0.39 is 35.7 Å². The number of halogens is 1. The largest absolute Gasteiger partial charge is 0.480 e. The highest BCUT2D eigenvalue weighted by Gasteiger charge is 2.29. The predicted molar refractivity (Wildman–Crippen MR) is 86.7 cm³/mol. The summed E-state index contributed by atoms with van der Waals surface area (Å²) in [5.41, 5.74) is 0.653. The van der Waals surface area contributed by atoms with Gasteiger partial charge in [0.05, 0.1) is 0 Å². The van der Waals surface area contributed by atoms with Crippen molar-refractivity contribution >= 4 is 17.8 Å². The summed E-state index contributed by atoms with van der Waals surface area (Å²) in [6.45, 7) is 4.83. The lowest BCUT2D eigenvalue weighted by Crippen LogP contribution is -2.53. The van der Waals surface area contributed by atoms with Gasteiger partial charge in [-0.1, -0.05) is 32.4 Å². The molecule has 0 aliphatic rings. The molecule has 6 nitrogen and oxygen atoms in total. The first-order valence-electron chi connectivity index (χ1n) is 7.79. The highest BCUT2D eigenvalue weighted by Crippen LogP contribution is 2.10. The fourth-order valence-electron chi connectivity index (χ4n) is 2.25. The lowest BCUT2D eigenvalue weighted by molar-refractivity contribution is -0.143. The molecule has 0 saturated carbocycles. The molecule has 0 heterocycles. The molecule has 1 rings (SSSR count). The first-order chi connectivity index (χ1) is 11.2. The topological polar surface area (TPSA) is 95.5 Å². The minimum absolute atomic E-state index is 0.137. The number of carboxylic acids is 1. The van der Waals surface area contributed by atoms with Crippen LogP contribution < -0.4 is 10.6 Å². The van der Waals surface area contributed by atoms with E-state index in [1.54, 1.807) is 6.92 Å². The van der Waals surface area contributed by atoms with Gasteiger partial charge in [0.25, 0.3) is 0 Å². The fraction of sp³-hybridized carbons (Fsp3) is 0.471. The zero-order chi connectivity index (χ0) is 18.3. The Balaban J connectivity index is 2.89. The molecule has 0 aliphatic carbocycles. The van der Waals surface area contributed by atoms with Crippen molar-refractivity contribution in [2.75, 3.05) is 0 Å². The predicted octanol–water partition coefficient (Wildman–Crippen LogP) is 1.49. The normalized spacial score (nSPS) is 14.3. The lowest BCUT2D eigenvalue weighted by atomic mass is 9.98. The van der Waals surface area contributed by atoms with Crippen molar-refractivity contribution in [2.24, 2.45) is 5.92 Å². The minimum Gasteiger partial charge on any atom is -0.480 e. The second-order valence-corrected chi connectivity index (χ2v) is 5.79. The van der Waals surface area contributed by atoms with E-state index in [0.29, 0.717) is 12.0 Å².